The van der Waals surface area contributed by atoms with Crippen molar-refractivity contribution in [2.45, 2.75) is 36.6 Å². The average Bonchev–Trinajstić information content (AvgIpc) is 3.19. The van der Waals surface area contributed by atoms with Gasteiger partial charge in [0.1, 0.15) is 5.58 Å². The van der Waals surface area contributed by atoms with E-state index in [2.05, 4.69) is 10.2 Å². The van der Waals surface area contributed by atoms with Crippen LogP contribution in [0.2, 0.25) is 5.02 Å². The number of benzene rings is 2. The molecular formula is C24H25ClN4O4S2. The van der Waals surface area contributed by atoms with Crippen LogP contribution in [0.3, 0.4) is 0 Å². The van der Waals surface area contributed by atoms with E-state index in [1.807, 2.05) is 27.8 Å². The lowest BCUT2D eigenvalue weighted by atomic mass is 10.1. The summed E-state index contributed by atoms with van der Waals surface area (Å²) >= 11 is 7.71. The molecule has 0 atom stereocenters. The minimum absolute atomic E-state index is 0.213. The second-order valence-electron chi connectivity index (χ2n) is 7.96. The highest BCUT2D eigenvalue weighted by Crippen LogP contribution is 2.31. The molecule has 35 heavy (non-hydrogen) atoms. The van der Waals surface area contributed by atoms with Gasteiger partial charge >= 0.3 is 5.63 Å². The highest BCUT2D eigenvalue weighted by Gasteiger charge is 2.23. The Labute approximate surface area is 213 Å². The maximum atomic E-state index is 12.9. The van der Waals surface area contributed by atoms with Gasteiger partial charge in [-0.25, -0.2) is 13.2 Å². The highest BCUT2D eigenvalue weighted by molar-refractivity contribution is 7.98. The van der Waals surface area contributed by atoms with Crippen LogP contribution < -0.4 is 5.63 Å². The number of thioether (sulfide) groups is 1. The molecule has 0 saturated heterocycles. The van der Waals surface area contributed by atoms with E-state index in [0.29, 0.717) is 46.0 Å². The maximum absolute atomic E-state index is 12.9. The number of fused-ring (bicyclic) bond motifs is 1. The highest BCUT2D eigenvalue weighted by atomic mass is 35.5. The van der Waals surface area contributed by atoms with Crippen LogP contribution in [0.5, 0.6) is 0 Å². The molecule has 184 valence electrons. The van der Waals surface area contributed by atoms with Crippen LogP contribution in [-0.2, 0) is 22.8 Å². The van der Waals surface area contributed by atoms with E-state index in [1.165, 1.54) is 22.1 Å². The molecule has 0 radical (unpaired) electrons. The smallest absolute Gasteiger partial charge is 0.336 e. The van der Waals surface area contributed by atoms with Crippen LogP contribution in [0.1, 0.15) is 25.0 Å². The van der Waals surface area contributed by atoms with Gasteiger partial charge in [0.25, 0.3) is 0 Å². The van der Waals surface area contributed by atoms with Crippen molar-refractivity contribution < 1.29 is 12.8 Å². The summed E-state index contributed by atoms with van der Waals surface area (Å²) in [5.41, 5.74) is 2.31. The van der Waals surface area contributed by atoms with E-state index < -0.39 is 15.6 Å². The molecule has 4 aromatic rings. The number of aryl methyl sites for hydroxylation is 1. The van der Waals surface area contributed by atoms with Crippen molar-refractivity contribution in [3.8, 4) is 11.4 Å². The molecule has 0 saturated carbocycles. The molecular weight excluding hydrogens is 508 g/mol. The number of halogens is 1. The molecule has 4 rings (SSSR count). The summed E-state index contributed by atoms with van der Waals surface area (Å²) in [6.07, 6.45) is 0. The molecule has 0 aliphatic carbocycles. The number of hydrogen-bond donors (Lipinski definition) is 0. The van der Waals surface area contributed by atoms with Gasteiger partial charge in [-0.3, -0.25) is 0 Å². The van der Waals surface area contributed by atoms with Gasteiger partial charge < -0.3 is 8.98 Å². The molecule has 0 unspecified atom stereocenters. The molecule has 2 aromatic heterocycles. The van der Waals surface area contributed by atoms with Crippen molar-refractivity contribution in [1.29, 1.82) is 0 Å². The molecule has 0 fully saturated rings. The summed E-state index contributed by atoms with van der Waals surface area (Å²) in [5.74, 6) is 0.990. The summed E-state index contributed by atoms with van der Waals surface area (Å²) in [4.78, 5) is 12.3. The Kier molecular flexibility index (Phi) is 7.37. The van der Waals surface area contributed by atoms with Crippen LogP contribution >= 0.6 is 23.4 Å². The lowest BCUT2D eigenvalue weighted by Crippen LogP contribution is -2.30. The lowest BCUT2D eigenvalue weighted by Gasteiger charge is -2.18. The Morgan fingerprint density at radius 3 is 2.57 bits per heavy atom. The van der Waals surface area contributed by atoms with Gasteiger partial charge in [0.05, 0.1) is 4.90 Å². The topological polar surface area (TPSA) is 98.3 Å². The Morgan fingerprint density at radius 1 is 1.11 bits per heavy atom. The van der Waals surface area contributed by atoms with Crippen LogP contribution in [0, 0.1) is 6.92 Å². The summed E-state index contributed by atoms with van der Waals surface area (Å²) < 4.78 is 34.4. The first kappa shape index (κ1) is 25.4. The zero-order valence-corrected chi connectivity index (χ0v) is 22.2. The van der Waals surface area contributed by atoms with Crippen molar-refractivity contribution in [3.05, 3.63) is 69.0 Å². The first-order chi connectivity index (χ1) is 16.6. The molecule has 0 amide bonds. The minimum Gasteiger partial charge on any atom is -0.423 e. The van der Waals surface area contributed by atoms with Gasteiger partial charge in [-0.05, 0) is 42.3 Å². The number of hydrogen-bond acceptors (Lipinski definition) is 7. The molecule has 0 bridgehead atoms. The van der Waals surface area contributed by atoms with E-state index in [9.17, 15) is 13.2 Å². The second kappa shape index (κ2) is 10.1. The Morgan fingerprint density at radius 2 is 1.86 bits per heavy atom. The molecule has 8 nitrogen and oxygen atoms in total. The third-order valence-electron chi connectivity index (χ3n) is 5.74. The van der Waals surface area contributed by atoms with Gasteiger partial charge in [0, 0.05) is 47.9 Å². The summed E-state index contributed by atoms with van der Waals surface area (Å²) in [5, 5.41) is 10.6. The van der Waals surface area contributed by atoms with Crippen molar-refractivity contribution in [3.63, 3.8) is 0 Å². The molecule has 2 heterocycles. The molecule has 0 aliphatic rings. The summed E-state index contributed by atoms with van der Waals surface area (Å²) in [6, 6.07) is 11.7. The maximum Gasteiger partial charge on any atom is 0.336 e. The molecule has 0 aliphatic heterocycles. The second-order valence-corrected chi connectivity index (χ2v) is 11.2. The van der Waals surface area contributed by atoms with E-state index in [-0.39, 0.29) is 4.90 Å². The molecule has 11 heteroatoms. The van der Waals surface area contributed by atoms with Crippen LogP contribution in [0.4, 0.5) is 0 Å². The quantitative estimate of drug-likeness (QED) is 0.236. The predicted molar refractivity (Wildman–Crippen MR) is 138 cm³/mol. The van der Waals surface area contributed by atoms with E-state index in [1.54, 1.807) is 41.0 Å². The first-order valence-corrected chi connectivity index (χ1v) is 13.8. The van der Waals surface area contributed by atoms with Gasteiger partial charge in [-0.2, -0.15) is 4.31 Å². The third kappa shape index (κ3) is 5.02. The van der Waals surface area contributed by atoms with E-state index in [4.69, 9.17) is 16.0 Å². The van der Waals surface area contributed by atoms with Crippen molar-refractivity contribution >= 4 is 44.4 Å². The number of rotatable bonds is 8. The minimum atomic E-state index is -3.59. The molecule has 0 spiro atoms. The summed E-state index contributed by atoms with van der Waals surface area (Å²) in [6.45, 7) is 6.26. The monoisotopic (exact) mass is 532 g/mol. The van der Waals surface area contributed by atoms with Crippen LogP contribution in [-0.4, -0.2) is 40.6 Å². The van der Waals surface area contributed by atoms with Crippen LogP contribution in [0.25, 0.3) is 22.4 Å². The molecule has 2 aromatic carbocycles. The number of aromatic nitrogens is 3. The number of nitrogens with zero attached hydrogens (tertiary/aromatic N) is 4. The Balaban J connectivity index is 1.63. The standard InChI is InChI=1S/C24H25ClN4O4S2/c1-5-29(6-2)35(31,32)18-9-7-8-16(11-18)23-26-27-24(28(23)4)34-14-17-12-22(30)33-21-10-15(3)20(25)13-19(17)21/h7-13H,5-6,14H2,1-4H3. The fraction of sp³-hybridized carbons (Fsp3) is 0.292. The normalized spacial score (nSPS) is 12.1. The van der Waals surface area contributed by atoms with Crippen LogP contribution in [0.15, 0.2) is 61.7 Å². The Bertz CT molecular complexity index is 1560. The zero-order valence-electron chi connectivity index (χ0n) is 19.8. The fourth-order valence-electron chi connectivity index (χ4n) is 3.81. The van der Waals surface area contributed by atoms with Crippen molar-refractivity contribution in [2.75, 3.05) is 13.1 Å². The first-order valence-electron chi connectivity index (χ1n) is 11.0. The van der Waals surface area contributed by atoms with Gasteiger partial charge in [0.2, 0.25) is 10.0 Å². The van der Waals surface area contributed by atoms with E-state index >= 15 is 0 Å². The van der Waals surface area contributed by atoms with Gasteiger partial charge in [-0.1, -0.05) is 49.3 Å². The largest absolute Gasteiger partial charge is 0.423 e. The lowest BCUT2D eigenvalue weighted by molar-refractivity contribution is 0.445. The van der Waals surface area contributed by atoms with Crippen molar-refractivity contribution in [2.24, 2.45) is 7.05 Å². The Hall–Kier alpha value is -2.66. The van der Waals surface area contributed by atoms with Crippen molar-refractivity contribution in [1.82, 2.24) is 19.1 Å². The fourth-order valence-corrected chi connectivity index (χ4v) is 6.38. The summed E-state index contributed by atoms with van der Waals surface area (Å²) in [7, 11) is -1.77. The predicted octanol–water partition coefficient (Wildman–Crippen LogP) is 4.87. The SMILES string of the molecule is CCN(CC)S(=O)(=O)c1cccc(-c2nnc(SCc3cc(=O)oc4cc(C)c(Cl)cc34)n2C)c1. The average molecular weight is 533 g/mol. The van der Waals surface area contributed by atoms with Gasteiger partial charge in [0.15, 0.2) is 11.0 Å². The zero-order chi connectivity index (χ0) is 25.3. The third-order valence-corrected chi connectivity index (χ3v) is 9.26. The van der Waals surface area contributed by atoms with Gasteiger partial charge in [-0.15, -0.1) is 10.2 Å². The molecule has 0 N–H and O–H groups in total. The van der Waals surface area contributed by atoms with E-state index in [0.717, 1.165) is 16.5 Å². The number of sulfonamides is 1.